The molecule has 210 valence electrons. The third-order valence-corrected chi connectivity index (χ3v) is 6.01. The average Bonchev–Trinajstić information content (AvgIpc) is 2.84. The molecule has 16 heteroatoms. The van der Waals surface area contributed by atoms with E-state index in [9.17, 15) is 39.6 Å². The number of carbonyl (C=O) groups is 2. The molecular weight excluding hydrogens is 558 g/mol. The van der Waals surface area contributed by atoms with E-state index < -0.39 is 39.9 Å². The van der Waals surface area contributed by atoms with Gasteiger partial charge >= 0.3 is 18.3 Å². The van der Waals surface area contributed by atoms with Crippen LogP contribution in [0.15, 0.2) is 65.7 Å². The molecule has 0 radical (unpaired) electrons. The lowest BCUT2D eigenvalue weighted by atomic mass is 10.1. The SMILES string of the molecule is Cc1ccc(C(=O)NS(=O)(=O)c2ccc(CCNc3nccc(C(F)(F)F)n3)cc2)cc1.O=C(O)C(F)(F)F. The Kier molecular flexibility index (Phi) is 9.98. The summed E-state index contributed by atoms with van der Waals surface area (Å²) in [5.41, 5.74) is 0.846. The first kappa shape index (κ1) is 31.0. The van der Waals surface area contributed by atoms with Gasteiger partial charge in [-0.05, 0) is 49.2 Å². The number of aryl methyl sites for hydroxylation is 1. The zero-order chi connectivity index (χ0) is 29.4. The fraction of sp³-hybridized carbons (Fsp3) is 0.217. The summed E-state index contributed by atoms with van der Waals surface area (Å²) in [7, 11) is -4.06. The number of aliphatic carboxylic acids is 1. The summed E-state index contributed by atoms with van der Waals surface area (Å²) in [6.07, 6.45) is -8.24. The van der Waals surface area contributed by atoms with Crippen molar-refractivity contribution < 1.29 is 49.5 Å². The van der Waals surface area contributed by atoms with Crippen molar-refractivity contribution >= 4 is 27.8 Å². The van der Waals surface area contributed by atoms with Crippen molar-refractivity contribution in [3.8, 4) is 0 Å². The number of hydrogen-bond donors (Lipinski definition) is 3. The van der Waals surface area contributed by atoms with Crippen LogP contribution in [-0.4, -0.2) is 48.1 Å². The summed E-state index contributed by atoms with van der Waals surface area (Å²) < 4.78 is 96.7. The van der Waals surface area contributed by atoms with Crippen LogP contribution in [-0.2, 0) is 27.4 Å². The highest BCUT2D eigenvalue weighted by Crippen LogP contribution is 2.27. The van der Waals surface area contributed by atoms with Crippen molar-refractivity contribution in [2.45, 2.75) is 30.6 Å². The predicted octanol–water partition coefficient (Wildman–Crippen LogP) is 4.21. The van der Waals surface area contributed by atoms with Gasteiger partial charge in [0.2, 0.25) is 5.95 Å². The molecule has 0 spiro atoms. The first-order chi connectivity index (χ1) is 18.0. The van der Waals surface area contributed by atoms with E-state index in [1.807, 2.05) is 11.6 Å². The van der Waals surface area contributed by atoms with Crippen LogP contribution in [0.2, 0.25) is 0 Å². The summed E-state index contributed by atoms with van der Waals surface area (Å²) in [6, 6.07) is 13.1. The zero-order valence-corrected chi connectivity index (χ0v) is 20.7. The highest BCUT2D eigenvalue weighted by molar-refractivity contribution is 7.90. The molecule has 3 aromatic rings. The van der Waals surface area contributed by atoms with Gasteiger partial charge in [0.1, 0.15) is 5.69 Å². The van der Waals surface area contributed by atoms with E-state index in [1.165, 1.54) is 24.3 Å². The van der Waals surface area contributed by atoms with Crippen LogP contribution >= 0.6 is 0 Å². The second-order valence-electron chi connectivity index (χ2n) is 7.69. The number of carbonyl (C=O) groups excluding carboxylic acids is 1. The van der Waals surface area contributed by atoms with Gasteiger partial charge in [0.15, 0.2) is 0 Å². The van der Waals surface area contributed by atoms with Crippen molar-refractivity contribution in [1.82, 2.24) is 14.7 Å². The standard InChI is InChI=1S/C21H19F3N4O3S.C2HF3O2/c1-14-2-6-16(7-3-14)19(29)28-32(30,31)17-8-4-15(5-9-17)10-12-25-20-26-13-11-18(27-20)21(22,23)24;3-2(4,5)1(6)7/h2-9,11,13H,10,12H2,1H3,(H,28,29)(H,25,26,27);(H,6,7). The molecule has 0 aliphatic carbocycles. The van der Waals surface area contributed by atoms with Gasteiger partial charge in [0.05, 0.1) is 4.90 Å². The molecule has 3 rings (SSSR count). The molecule has 3 N–H and O–H groups in total. The highest BCUT2D eigenvalue weighted by atomic mass is 32.2. The number of amides is 1. The minimum absolute atomic E-state index is 0.0871. The van der Waals surface area contributed by atoms with Crippen molar-refractivity contribution in [2.24, 2.45) is 0 Å². The Balaban J connectivity index is 0.000000673. The quantitative estimate of drug-likeness (QED) is 0.355. The van der Waals surface area contributed by atoms with E-state index in [-0.39, 0.29) is 23.0 Å². The highest BCUT2D eigenvalue weighted by Gasteiger charge is 2.38. The Hall–Kier alpha value is -4.21. The van der Waals surface area contributed by atoms with Crippen LogP contribution in [0.4, 0.5) is 32.3 Å². The number of benzene rings is 2. The predicted molar refractivity (Wildman–Crippen MR) is 125 cm³/mol. The van der Waals surface area contributed by atoms with E-state index >= 15 is 0 Å². The molecular formula is C23H20F6N4O5S. The molecule has 0 atom stereocenters. The van der Waals surface area contributed by atoms with E-state index in [0.717, 1.165) is 23.4 Å². The lowest BCUT2D eigenvalue weighted by molar-refractivity contribution is -0.192. The van der Waals surface area contributed by atoms with Crippen molar-refractivity contribution in [2.75, 3.05) is 11.9 Å². The van der Waals surface area contributed by atoms with Crippen molar-refractivity contribution in [3.63, 3.8) is 0 Å². The summed E-state index contributed by atoms with van der Waals surface area (Å²) >= 11 is 0. The Labute approximate surface area is 218 Å². The van der Waals surface area contributed by atoms with Crippen LogP contribution in [0.3, 0.4) is 0 Å². The minimum atomic E-state index is -5.08. The van der Waals surface area contributed by atoms with Crippen LogP contribution in [0.1, 0.15) is 27.2 Å². The second kappa shape index (κ2) is 12.6. The lowest BCUT2D eigenvalue weighted by Crippen LogP contribution is -2.30. The van der Waals surface area contributed by atoms with Crippen LogP contribution in [0.5, 0.6) is 0 Å². The van der Waals surface area contributed by atoms with Crippen molar-refractivity contribution in [1.29, 1.82) is 0 Å². The van der Waals surface area contributed by atoms with Crippen LogP contribution in [0, 0.1) is 6.92 Å². The third kappa shape index (κ3) is 9.88. The lowest BCUT2D eigenvalue weighted by Gasteiger charge is -2.10. The van der Waals surface area contributed by atoms with Gasteiger partial charge in [-0.1, -0.05) is 29.8 Å². The largest absolute Gasteiger partial charge is 0.490 e. The molecule has 2 aromatic carbocycles. The molecule has 0 aliphatic rings. The third-order valence-electron chi connectivity index (χ3n) is 4.66. The molecule has 0 unspecified atom stereocenters. The maximum absolute atomic E-state index is 12.7. The van der Waals surface area contributed by atoms with Gasteiger partial charge in [-0.25, -0.2) is 27.9 Å². The van der Waals surface area contributed by atoms with E-state index in [1.54, 1.807) is 24.3 Å². The summed E-state index contributed by atoms with van der Waals surface area (Å²) in [6.45, 7) is 2.08. The van der Waals surface area contributed by atoms with Gasteiger partial charge in [-0.3, -0.25) is 4.79 Å². The number of anilines is 1. The number of nitrogens with zero attached hydrogens (tertiary/aromatic N) is 2. The Bertz CT molecular complexity index is 1390. The first-order valence-corrected chi connectivity index (χ1v) is 12.1. The fourth-order valence-corrected chi connectivity index (χ4v) is 3.67. The molecule has 39 heavy (non-hydrogen) atoms. The molecule has 0 saturated heterocycles. The molecule has 1 aromatic heterocycles. The molecule has 0 aliphatic heterocycles. The monoisotopic (exact) mass is 578 g/mol. The van der Waals surface area contributed by atoms with Gasteiger partial charge in [-0.2, -0.15) is 26.3 Å². The van der Waals surface area contributed by atoms with Gasteiger partial charge < -0.3 is 10.4 Å². The maximum Gasteiger partial charge on any atom is 0.490 e. The summed E-state index contributed by atoms with van der Waals surface area (Å²) in [5.74, 6) is -3.65. The fourth-order valence-electron chi connectivity index (χ4n) is 2.70. The topological polar surface area (TPSA) is 138 Å². The smallest absolute Gasteiger partial charge is 0.475 e. The zero-order valence-electron chi connectivity index (χ0n) is 19.8. The van der Waals surface area contributed by atoms with E-state index in [4.69, 9.17) is 9.90 Å². The number of halogens is 6. The number of carboxylic acid groups (broad SMARTS) is 1. The Morgan fingerprint density at radius 3 is 2.00 bits per heavy atom. The van der Waals surface area contributed by atoms with Gasteiger partial charge in [0, 0.05) is 18.3 Å². The molecule has 1 amide bonds. The normalized spacial score (nSPS) is 11.7. The number of nitrogens with one attached hydrogen (secondary N) is 2. The Morgan fingerprint density at radius 2 is 1.49 bits per heavy atom. The van der Waals surface area contributed by atoms with E-state index in [0.29, 0.717) is 6.42 Å². The molecule has 9 nitrogen and oxygen atoms in total. The minimum Gasteiger partial charge on any atom is -0.475 e. The first-order valence-electron chi connectivity index (χ1n) is 10.7. The van der Waals surface area contributed by atoms with Crippen LogP contribution < -0.4 is 10.0 Å². The second-order valence-corrected chi connectivity index (χ2v) is 9.37. The maximum atomic E-state index is 12.7. The van der Waals surface area contributed by atoms with Gasteiger partial charge in [-0.15, -0.1) is 0 Å². The number of carboxylic acids is 1. The number of aromatic nitrogens is 2. The Morgan fingerprint density at radius 1 is 0.923 bits per heavy atom. The molecule has 0 bridgehead atoms. The summed E-state index contributed by atoms with van der Waals surface area (Å²) in [5, 5.41) is 9.83. The van der Waals surface area contributed by atoms with Crippen LogP contribution in [0.25, 0.3) is 0 Å². The number of hydrogen-bond acceptors (Lipinski definition) is 7. The average molecular weight is 578 g/mol. The molecule has 0 saturated carbocycles. The number of alkyl halides is 6. The summed E-state index contributed by atoms with van der Waals surface area (Å²) in [4.78, 5) is 28.2. The number of rotatable bonds is 7. The molecule has 0 fully saturated rings. The van der Waals surface area contributed by atoms with Crippen molar-refractivity contribution in [3.05, 3.63) is 83.2 Å². The van der Waals surface area contributed by atoms with E-state index in [2.05, 4.69) is 15.3 Å². The molecule has 1 heterocycles. The van der Waals surface area contributed by atoms with Gasteiger partial charge in [0.25, 0.3) is 15.9 Å². The number of sulfonamides is 1.